The molecule has 2 aliphatic heterocycles. The van der Waals surface area contributed by atoms with E-state index in [0.29, 0.717) is 18.2 Å². The molecule has 0 saturated carbocycles. The van der Waals surface area contributed by atoms with Crippen LogP contribution >= 0.6 is 0 Å². The summed E-state index contributed by atoms with van der Waals surface area (Å²) in [5.41, 5.74) is 0. The van der Waals surface area contributed by atoms with E-state index in [0.717, 1.165) is 25.3 Å². The topological polar surface area (TPSA) is 48.9 Å². The van der Waals surface area contributed by atoms with Gasteiger partial charge < -0.3 is 20.3 Å². The van der Waals surface area contributed by atoms with Crippen LogP contribution in [0.2, 0.25) is 0 Å². The third-order valence-electron chi connectivity index (χ3n) is 4.67. The van der Waals surface area contributed by atoms with Gasteiger partial charge in [-0.2, -0.15) is 0 Å². The van der Waals surface area contributed by atoms with Crippen molar-refractivity contribution in [3.8, 4) is 0 Å². The van der Waals surface area contributed by atoms with Crippen LogP contribution in [0, 0.1) is 0 Å². The quantitative estimate of drug-likeness (QED) is 0.388. The van der Waals surface area contributed by atoms with Crippen LogP contribution in [0.15, 0.2) is 4.99 Å². The van der Waals surface area contributed by atoms with Gasteiger partial charge in [-0.3, -0.25) is 4.99 Å². The van der Waals surface area contributed by atoms with E-state index in [1.54, 1.807) is 0 Å². The molecule has 0 aliphatic carbocycles. The molecule has 2 rings (SSSR count). The number of guanidine groups is 1. The first-order valence-electron chi connectivity index (χ1n) is 9.11. The molecule has 128 valence electrons. The molecule has 0 aromatic carbocycles. The summed E-state index contributed by atoms with van der Waals surface area (Å²) >= 11 is 0. The van der Waals surface area contributed by atoms with E-state index < -0.39 is 0 Å². The van der Waals surface area contributed by atoms with Gasteiger partial charge in [0.25, 0.3) is 0 Å². The van der Waals surface area contributed by atoms with Crippen molar-refractivity contribution in [3.05, 3.63) is 0 Å². The molecular formula is C17H34N4O. The first kappa shape index (κ1) is 17.5. The van der Waals surface area contributed by atoms with Crippen molar-refractivity contribution in [2.45, 2.75) is 70.6 Å². The highest BCUT2D eigenvalue weighted by atomic mass is 16.5. The summed E-state index contributed by atoms with van der Waals surface area (Å²) in [5.74, 6) is 0.929. The number of ether oxygens (including phenoxy) is 1. The van der Waals surface area contributed by atoms with Crippen LogP contribution in [0.3, 0.4) is 0 Å². The van der Waals surface area contributed by atoms with Crippen molar-refractivity contribution in [3.63, 3.8) is 0 Å². The Labute approximate surface area is 135 Å². The SMILES string of the molecule is CCCN(CCC)CCCNC(=NC)NC1CC2CCC1O2. The van der Waals surface area contributed by atoms with Crippen molar-refractivity contribution < 1.29 is 4.74 Å². The number of hydrogen-bond donors (Lipinski definition) is 2. The zero-order chi connectivity index (χ0) is 15.8. The molecule has 0 spiro atoms. The predicted octanol–water partition coefficient (Wildman–Crippen LogP) is 1.98. The fourth-order valence-corrected chi connectivity index (χ4v) is 3.64. The van der Waals surface area contributed by atoms with Crippen molar-refractivity contribution in [1.29, 1.82) is 0 Å². The van der Waals surface area contributed by atoms with Gasteiger partial charge in [0.15, 0.2) is 5.96 Å². The minimum atomic E-state index is 0.396. The molecule has 2 bridgehead atoms. The maximum atomic E-state index is 5.89. The molecule has 0 aromatic heterocycles. The molecule has 2 saturated heterocycles. The molecule has 0 aromatic rings. The van der Waals surface area contributed by atoms with Crippen LogP contribution in [0.25, 0.3) is 0 Å². The Morgan fingerprint density at radius 3 is 2.50 bits per heavy atom. The lowest BCUT2D eigenvalue weighted by Crippen LogP contribution is -2.47. The maximum Gasteiger partial charge on any atom is 0.191 e. The van der Waals surface area contributed by atoms with Crippen LogP contribution in [-0.2, 0) is 4.74 Å². The lowest BCUT2D eigenvalue weighted by molar-refractivity contribution is 0.0992. The first-order chi connectivity index (χ1) is 10.8. The van der Waals surface area contributed by atoms with E-state index in [9.17, 15) is 0 Å². The molecule has 3 atom stereocenters. The van der Waals surface area contributed by atoms with Crippen LogP contribution < -0.4 is 10.6 Å². The zero-order valence-corrected chi connectivity index (χ0v) is 14.6. The monoisotopic (exact) mass is 310 g/mol. The molecule has 2 fully saturated rings. The maximum absolute atomic E-state index is 5.89. The van der Waals surface area contributed by atoms with Crippen LogP contribution in [0.1, 0.15) is 52.4 Å². The number of nitrogens with zero attached hydrogens (tertiary/aromatic N) is 2. The van der Waals surface area contributed by atoms with Gasteiger partial charge >= 0.3 is 0 Å². The Bertz CT molecular complexity index is 342. The highest BCUT2D eigenvalue weighted by Gasteiger charge is 2.41. The Kier molecular flexibility index (Phi) is 7.46. The minimum absolute atomic E-state index is 0.396. The van der Waals surface area contributed by atoms with Gasteiger partial charge in [-0.05, 0) is 58.2 Å². The van der Waals surface area contributed by atoms with Gasteiger partial charge in [0.1, 0.15) is 0 Å². The molecule has 2 heterocycles. The molecule has 3 unspecified atom stereocenters. The van der Waals surface area contributed by atoms with E-state index >= 15 is 0 Å². The van der Waals surface area contributed by atoms with Crippen LogP contribution in [0.4, 0.5) is 0 Å². The van der Waals surface area contributed by atoms with E-state index in [-0.39, 0.29) is 0 Å². The number of fused-ring (bicyclic) bond motifs is 2. The number of aliphatic imine (C=N–C) groups is 1. The second-order valence-electron chi connectivity index (χ2n) is 6.55. The summed E-state index contributed by atoms with van der Waals surface area (Å²) in [5, 5.41) is 6.99. The number of hydrogen-bond acceptors (Lipinski definition) is 3. The zero-order valence-electron chi connectivity index (χ0n) is 14.6. The molecular weight excluding hydrogens is 276 g/mol. The van der Waals surface area contributed by atoms with E-state index in [1.807, 2.05) is 7.05 Å². The van der Waals surface area contributed by atoms with Crippen molar-refractivity contribution >= 4 is 5.96 Å². The van der Waals surface area contributed by atoms with Gasteiger partial charge in [0, 0.05) is 13.6 Å². The Balaban J connectivity index is 1.62. The Morgan fingerprint density at radius 1 is 1.18 bits per heavy atom. The van der Waals surface area contributed by atoms with Crippen LogP contribution in [-0.4, -0.2) is 62.3 Å². The molecule has 0 radical (unpaired) electrons. The van der Waals surface area contributed by atoms with Gasteiger partial charge in [0.05, 0.1) is 18.2 Å². The van der Waals surface area contributed by atoms with Crippen molar-refractivity contribution in [2.75, 3.05) is 33.2 Å². The van der Waals surface area contributed by atoms with E-state index in [4.69, 9.17) is 4.74 Å². The van der Waals surface area contributed by atoms with Crippen molar-refractivity contribution in [1.82, 2.24) is 15.5 Å². The lowest BCUT2D eigenvalue weighted by atomic mass is 9.96. The average molecular weight is 310 g/mol. The van der Waals surface area contributed by atoms with Gasteiger partial charge in [-0.25, -0.2) is 0 Å². The third kappa shape index (κ3) is 5.13. The molecule has 0 amide bonds. The average Bonchev–Trinajstić information content (AvgIpc) is 3.13. The smallest absolute Gasteiger partial charge is 0.191 e. The Morgan fingerprint density at radius 2 is 1.95 bits per heavy atom. The van der Waals surface area contributed by atoms with E-state index in [1.165, 1.54) is 45.3 Å². The Hall–Kier alpha value is -0.810. The minimum Gasteiger partial charge on any atom is -0.373 e. The van der Waals surface area contributed by atoms with Crippen molar-refractivity contribution in [2.24, 2.45) is 4.99 Å². The summed E-state index contributed by atoms with van der Waals surface area (Å²) in [7, 11) is 1.85. The second kappa shape index (κ2) is 9.36. The van der Waals surface area contributed by atoms with E-state index in [2.05, 4.69) is 34.4 Å². The molecule has 2 aliphatic rings. The largest absolute Gasteiger partial charge is 0.373 e. The summed E-state index contributed by atoms with van der Waals surface area (Å²) in [4.78, 5) is 6.91. The predicted molar refractivity (Wildman–Crippen MR) is 92.4 cm³/mol. The summed E-state index contributed by atoms with van der Waals surface area (Å²) in [6, 6.07) is 0.446. The fraction of sp³-hybridized carbons (Fsp3) is 0.941. The highest BCUT2D eigenvalue weighted by molar-refractivity contribution is 5.80. The highest BCUT2D eigenvalue weighted by Crippen LogP contribution is 2.34. The van der Waals surface area contributed by atoms with Crippen LogP contribution in [0.5, 0.6) is 0 Å². The second-order valence-corrected chi connectivity index (χ2v) is 6.55. The molecule has 2 N–H and O–H groups in total. The van der Waals surface area contributed by atoms with Gasteiger partial charge in [0.2, 0.25) is 0 Å². The molecule has 5 heteroatoms. The third-order valence-corrected chi connectivity index (χ3v) is 4.67. The number of nitrogens with one attached hydrogen (secondary N) is 2. The fourth-order valence-electron chi connectivity index (χ4n) is 3.64. The van der Waals surface area contributed by atoms with Gasteiger partial charge in [-0.1, -0.05) is 13.8 Å². The first-order valence-corrected chi connectivity index (χ1v) is 9.11. The standard InChI is InChI=1S/C17H34N4O/c1-4-10-21(11-5-2)12-6-9-19-17(18-3)20-15-13-14-7-8-16(15)22-14/h14-16H,4-13H2,1-3H3,(H2,18,19,20). The molecule has 5 nitrogen and oxygen atoms in total. The summed E-state index contributed by atoms with van der Waals surface area (Å²) in [6.07, 6.45) is 8.08. The molecule has 22 heavy (non-hydrogen) atoms. The normalized spacial score (nSPS) is 27.6. The van der Waals surface area contributed by atoms with Gasteiger partial charge in [-0.15, -0.1) is 0 Å². The number of rotatable bonds is 9. The summed E-state index contributed by atoms with van der Waals surface area (Å²) in [6.45, 7) is 9.08. The summed E-state index contributed by atoms with van der Waals surface area (Å²) < 4.78 is 5.89. The lowest BCUT2D eigenvalue weighted by Gasteiger charge is -2.23.